The Kier molecular flexibility index (Phi) is 4.48. The van der Waals surface area contributed by atoms with Gasteiger partial charge in [-0.15, -0.1) is 0 Å². The van der Waals surface area contributed by atoms with Crippen molar-refractivity contribution in [2.24, 2.45) is 0 Å². The summed E-state index contributed by atoms with van der Waals surface area (Å²) in [6.45, 7) is 0. The first-order chi connectivity index (χ1) is 10.2. The lowest BCUT2D eigenvalue weighted by atomic mass is 9.94. The van der Waals surface area contributed by atoms with Crippen LogP contribution < -0.4 is 5.56 Å². The number of nitrogens with zero attached hydrogens (tertiary/aromatic N) is 1. The Bertz CT molecular complexity index is 600. The molecule has 1 aromatic rings. The molecule has 0 amide bonds. The van der Waals surface area contributed by atoms with Crippen LogP contribution in [-0.4, -0.2) is 9.81 Å². The first-order valence-electron chi connectivity index (χ1n) is 8.11. The molecule has 0 unspecified atom stereocenters. The van der Waals surface area contributed by atoms with E-state index in [9.17, 15) is 9.59 Å². The summed E-state index contributed by atoms with van der Waals surface area (Å²) < 4.78 is 2.08. The van der Waals surface area contributed by atoms with Crippen LogP contribution in [0.2, 0.25) is 0 Å². The molecule has 1 heterocycles. The molecule has 3 rings (SSSR count). The highest BCUT2D eigenvalue weighted by atomic mass is 35.5. The van der Waals surface area contributed by atoms with Gasteiger partial charge in [0.05, 0.1) is 0 Å². The van der Waals surface area contributed by atoms with Crippen LogP contribution in [0.3, 0.4) is 0 Å². The summed E-state index contributed by atoms with van der Waals surface area (Å²) in [5.41, 5.74) is 3.47. The van der Waals surface area contributed by atoms with Crippen LogP contribution in [0.1, 0.15) is 67.8 Å². The van der Waals surface area contributed by atoms with Crippen LogP contribution in [0.25, 0.3) is 0 Å². The number of fused-ring (bicyclic) bond motifs is 1. The summed E-state index contributed by atoms with van der Waals surface area (Å²) in [7, 11) is 0. The Hall–Kier alpha value is -1.09. The molecule has 0 aliphatic heterocycles. The summed E-state index contributed by atoms with van der Waals surface area (Å²) >= 11 is 5.44. The molecule has 0 saturated heterocycles. The molecule has 0 atom stereocenters. The van der Waals surface area contributed by atoms with E-state index in [-0.39, 0.29) is 17.2 Å². The fraction of sp³-hybridized carbons (Fsp3) is 0.647. The minimum Gasteiger partial charge on any atom is -0.309 e. The zero-order chi connectivity index (χ0) is 14.8. The Labute approximate surface area is 130 Å². The molecule has 4 heteroatoms. The molecular weight excluding hydrogens is 286 g/mol. The van der Waals surface area contributed by atoms with Gasteiger partial charge in [0, 0.05) is 23.7 Å². The van der Waals surface area contributed by atoms with Crippen molar-refractivity contribution in [2.75, 3.05) is 0 Å². The fourth-order valence-corrected chi connectivity index (χ4v) is 3.96. The maximum absolute atomic E-state index is 12.8. The standard InChI is InChI=1S/C17H22ClNO2/c18-16(20)10-9-13-11-12-5-4-8-15(12)19(17(13)21)14-6-2-1-3-7-14/h11,14H,1-10H2. The average Bonchev–Trinajstić information content (AvgIpc) is 2.93. The smallest absolute Gasteiger partial charge is 0.254 e. The van der Waals surface area contributed by atoms with Gasteiger partial charge in [0.15, 0.2) is 0 Å². The van der Waals surface area contributed by atoms with Crippen LogP contribution in [0.5, 0.6) is 0 Å². The lowest BCUT2D eigenvalue weighted by Crippen LogP contribution is -2.31. The number of carbonyl (C=O) groups excluding carboxylic acids is 1. The number of halogens is 1. The predicted octanol–water partition coefficient (Wildman–Crippen LogP) is 3.54. The normalized spacial score (nSPS) is 18.7. The van der Waals surface area contributed by atoms with Crippen molar-refractivity contribution in [1.29, 1.82) is 0 Å². The van der Waals surface area contributed by atoms with E-state index < -0.39 is 0 Å². The molecule has 1 saturated carbocycles. The van der Waals surface area contributed by atoms with Gasteiger partial charge in [0.25, 0.3) is 5.56 Å². The first-order valence-corrected chi connectivity index (χ1v) is 8.49. The van der Waals surface area contributed by atoms with Gasteiger partial charge >= 0.3 is 0 Å². The highest BCUT2D eigenvalue weighted by Crippen LogP contribution is 2.31. The van der Waals surface area contributed by atoms with Gasteiger partial charge in [-0.3, -0.25) is 9.59 Å². The van der Waals surface area contributed by atoms with Crippen LogP contribution in [0.15, 0.2) is 10.9 Å². The number of aryl methyl sites for hydroxylation is 2. The van der Waals surface area contributed by atoms with Crippen LogP contribution in [-0.2, 0) is 24.1 Å². The first kappa shape index (κ1) is 14.8. The number of hydrogen-bond acceptors (Lipinski definition) is 2. The number of carbonyl (C=O) groups is 1. The Morgan fingerprint density at radius 3 is 2.67 bits per heavy atom. The van der Waals surface area contributed by atoms with Crippen molar-refractivity contribution in [3.05, 3.63) is 33.2 Å². The summed E-state index contributed by atoms with van der Waals surface area (Å²) in [6, 6.07) is 2.40. The largest absolute Gasteiger partial charge is 0.309 e. The Morgan fingerprint density at radius 1 is 1.19 bits per heavy atom. The lowest BCUT2D eigenvalue weighted by Gasteiger charge is -2.27. The second-order valence-corrected chi connectivity index (χ2v) is 6.74. The summed E-state index contributed by atoms with van der Waals surface area (Å²) in [5, 5.41) is -0.362. The van der Waals surface area contributed by atoms with Gasteiger partial charge in [-0.2, -0.15) is 0 Å². The van der Waals surface area contributed by atoms with E-state index in [0.29, 0.717) is 12.5 Å². The fourth-order valence-electron chi connectivity index (χ4n) is 3.87. The number of aromatic nitrogens is 1. The third kappa shape index (κ3) is 3.08. The topological polar surface area (TPSA) is 39.1 Å². The monoisotopic (exact) mass is 307 g/mol. The zero-order valence-electron chi connectivity index (χ0n) is 12.4. The predicted molar refractivity (Wildman–Crippen MR) is 84.0 cm³/mol. The maximum atomic E-state index is 12.8. The van der Waals surface area contributed by atoms with E-state index in [1.165, 1.54) is 30.5 Å². The summed E-state index contributed by atoms with van der Waals surface area (Å²) in [4.78, 5) is 23.9. The summed E-state index contributed by atoms with van der Waals surface area (Å²) in [6.07, 6.45) is 9.90. The van der Waals surface area contributed by atoms with Gasteiger partial charge in [0.1, 0.15) is 0 Å². The number of pyridine rings is 1. The molecule has 114 valence electrons. The van der Waals surface area contributed by atoms with Crippen LogP contribution >= 0.6 is 11.6 Å². The molecule has 3 nitrogen and oxygen atoms in total. The van der Waals surface area contributed by atoms with E-state index in [2.05, 4.69) is 4.57 Å². The van der Waals surface area contributed by atoms with Crippen molar-refractivity contribution < 1.29 is 4.79 Å². The Balaban J connectivity index is 2.00. The molecule has 0 radical (unpaired) electrons. The third-order valence-corrected chi connectivity index (χ3v) is 5.08. The van der Waals surface area contributed by atoms with E-state index >= 15 is 0 Å². The maximum Gasteiger partial charge on any atom is 0.254 e. The van der Waals surface area contributed by atoms with Crippen molar-refractivity contribution in [3.8, 4) is 0 Å². The summed E-state index contributed by atoms with van der Waals surface area (Å²) in [5.74, 6) is 0. The molecule has 21 heavy (non-hydrogen) atoms. The molecular formula is C17H22ClNO2. The molecule has 0 aromatic carbocycles. The highest BCUT2D eigenvalue weighted by molar-refractivity contribution is 6.63. The van der Waals surface area contributed by atoms with Gasteiger partial charge in [-0.25, -0.2) is 0 Å². The Morgan fingerprint density at radius 2 is 1.95 bits per heavy atom. The second-order valence-electron chi connectivity index (χ2n) is 6.32. The molecule has 1 fully saturated rings. The van der Waals surface area contributed by atoms with Gasteiger partial charge in [-0.05, 0) is 61.8 Å². The molecule has 2 aliphatic rings. The van der Waals surface area contributed by atoms with E-state index in [0.717, 1.165) is 37.7 Å². The second kappa shape index (κ2) is 6.35. The van der Waals surface area contributed by atoms with Crippen molar-refractivity contribution >= 4 is 16.8 Å². The van der Waals surface area contributed by atoms with Crippen molar-refractivity contribution in [1.82, 2.24) is 4.57 Å². The SMILES string of the molecule is O=C(Cl)CCc1cc2c(n(C3CCCCC3)c1=O)CCC2. The van der Waals surface area contributed by atoms with Crippen molar-refractivity contribution in [2.45, 2.75) is 70.3 Å². The van der Waals surface area contributed by atoms with Crippen LogP contribution in [0, 0.1) is 0 Å². The minimum absolute atomic E-state index is 0.125. The van der Waals surface area contributed by atoms with E-state index in [1.807, 2.05) is 6.07 Å². The van der Waals surface area contributed by atoms with Gasteiger partial charge in [-0.1, -0.05) is 19.3 Å². The van der Waals surface area contributed by atoms with Gasteiger partial charge in [0.2, 0.25) is 5.24 Å². The number of hydrogen-bond donors (Lipinski definition) is 0. The minimum atomic E-state index is -0.362. The third-order valence-electron chi connectivity index (χ3n) is 4.89. The zero-order valence-corrected chi connectivity index (χ0v) is 13.1. The van der Waals surface area contributed by atoms with E-state index in [4.69, 9.17) is 11.6 Å². The quantitative estimate of drug-likeness (QED) is 0.798. The number of rotatable bonds is 4. The lowest BCUT2D eigenvalue weighted by molar-refractivity contribution is -0.111. The van der Waals surface area contributed by atoms with Gasteiger partial charge < -0.3 is 4.57 Å². The van der Waals surface area contributed by atoms with Crippen molar-refractivity contribution in [3.63, 3.8) is 0 Å². The highest BCUT2D eigenvalue weighted by Gasteiger charge is 2.25. The molecule has 0 spiro atoms. The average molecular weight is 308 g/mol. The molecule has 0 bridgehead atoms. The molecule has 2 aliphatic carbocycles. The van der Waals surface area contributed by atoms with Crippen LogP contribution in [0.4, 0.5) is 0 Å². The van der Waals surface area contributed by atoms with E-state index in [1.54, 1.807) is 0 Å². The molecule has 1 aromatic heterocycles. The molecule has 0 N–H and O–H groups in total.